The van der Waals surface area contributed by atoms with Crippen molar-refractivity contribution in [2.45, 2.75) is 30.7 Å². The van der Waals surface area contributed by atoms with Crippen LogP contribution in [0.1, 0.15) is 17.3 Å². The number of ether oxygens (including phenoxy) is 3. The Morgan fingerprint density at radius 2 is 1.85 bits per heavy atom. The van der Waals surface area contributed by atoms with Crippen molar-refractivity contribution in [2.24, 2.45) is 0 Å². The number of ketones is 1. The molecule has 0 radical (unpaired) electrons. The average Bonchev–Trinajstić information content (AvgIpc) is 3.09. The van der Waals surface area contributed by atoms with E-state index in [1.165, 1.54) is 27.4 Å². The summed E-state index contributed by atoms with van der Waals surface area (Å²) in [5.41, 5.74) is -0.440. The number of hydrogen-bond donors (Lipinski definition) is 3. The molecule has 1 aliphatic rings. The Balaban J connectivity index is 2.14. The largest absolute Gasteiger partial charge is 0.495 e. The third kappa shape index (κ3) is 3.01. The van der Waals surface area contributed by atoms with Crippen molar-refractivity contribution < 1.29 is 38.7 Å². The number of carbonyl (C=O) groups excluding carboxylic acids is 1. The van der Waals surface area contributed by atoms with Crippen LogP contribution in [0.25, 0.3) is 11.0 Å². The van der Waals surface area contributed by atoms with Gasteiger partial charge in [0.05, 0.1) is 32.0 Å². The smallest absolute Gasteiger partial charge is 0.205 e. The molecule has 2 heterocycles. The van der Waals surface area contributed by atoms with Gasteiger partial charge in [-0.2, -0.15) is 0 Å². The molecule has 0 bridgehead atoms. The average molecular weight is 384 g/mol. The van der Waals surface area contributed by atoms with E-state index in [1.54, 1.807) is 6.07 Å². The lowest BCUT2D eigenvalue weighted by molar-refractivity contribution is -0.0788. The van der Waals surface area contributed by atoms with Gasteiger partial charge in [0, 0.05) is 5.75 Å². The predicted molar refractivity (Wildman–Crippen MR) is 94.2 cm³/mol. The number of hydrogen-bond acceptors (Lipinski definition) is 9. The van der Waals surface area contributed by atoms with Gasteiger partial charge in [-0.05, 0) is 13.0 Å². The Labute approximate surface area is 153 Å². The van der Waals surface area contributed by atoms with Crippen LogP contribution in [-0.2, 0) is 0 Å². The molecule has 0 saturated carbocycles. The van der Waals surface area contributed by atoms with Crippen LogP contribution < -0.4 is 14.2 Å². The first-order valence-electron chi connectivity index (χ1n) is 7.89. The number of aliphatic hydroxyl groups is 3. The Hall–Kier alpha value is -1.94. The summed E-state index contributed by atoms with van der Waals surface area (Å²) >= 11 is 1.12. The summed E-state index contributed by atoms with van der Waals surface area (Å²) in [4.78, 5) is 12.3. The summed E-state index contributed by atoms with van der Waals surface area (Å²) in [5.74, 6) is 0.353. The number of fused-ring (bicyclic) bond motifs is 1. The number of aliphatic hydroxyl groups excluding tert-OH is 3. The minimum absolute atomic E-state index is 0.0550. The number of thioether (sulfide) groups is 1. The SMILES string of the molecule is COc1c(C(C)=O)c(O[C@@H]2SC[C@@H](O)[C@H](O)[C@H]2O)c(OC)c2occc12. The summed E-state index contributed by atoms with van der Waals surface area (Å²) in [6, 6.07) is 1.65. The summed E-state index contributed by atoms with van der Waals surface area (Å²) < 4.78 is 22.1. The van der Waals surface area contributed by atoms with Gasteiger partial charge < -0.3 is 33.9 Å². The van der Waals surface area contributed by atoms with Gasteiger partial charge >= 0.3 is 0 Å². The molecule has 1 aromatic heterocycles. The normalized spacial score (nSPS) is 25.9. The third-order valence-corrected chi connectivity index (χ3v) is 5.46. The van der Waals surface area contributed by atoms with Gasteiger partial charge in [-0.15, -0.1) is 11.8 Å². The van der Waals surface area contributed by atoms with Gasteiger partial charge in [0.2, 0.25) is 5.75 Å². The lowest BCUT2D eigenvalue weighted by atomic mass is 10.0. The fourth-order valence-electron chi connectivity index (χ4n) is 2.95. The Morgan fingerprint density at radius 3 is 2.46 bits per heavy atom. The molecule has 3 rings (SSSR count). The highest BCUT2D eigenvalue weighted by molar-refractivity contribution is 7.99. The van der Waals surface area contributed by atoms with Crippen LogP contribution in [0.2, 0.25) is 0 Å². The van der Waals surface area contributed by atoms with Crippen LogP contribution in [0.3, 0.4) is 0 Å². The van der Waals surface area contributed by atoms with Crippen molar-refractivity contribution in [2.75, 3.05) is 20.0 Å². The molecule has 1 saturated heterocycles. The summed E-state index contributed by atoms with van der Waals surface area (Å²) in [6.45, 7) is 1.36. The Kier molecular flexibility index (Phi) is 5.33. The molecule has 8 nitrogen and oxygen atoms in total. The first-order chi connectivity index (χ1) is 12.4. The van der Waals surface area contributed by atoms with Crippen molar-refractivity contribution in [1.29, 1.82) is 0 Å². The van der Waals surface area contributed by atoms with Gasteiger partial charge in [-0.3, -0.25) is 4.79 Å². The maximum absolute atomic E-state index is 12.3. The van der Waals surface area contributed by atoms with Crippen LogP contribution in [-0.4, -0.2) is 64.8 Å². The number of carbonyl (C=O) groups is 1. The number of benzene rings is 1. The van der Waals surface area contributed by atoms with E-state index in [0.29, 0.717) is 11.0 Å². The van der Waals surface area contributed by atoms with Crippen LogP contribution in [0.5, 0.6) is 17.2 Å². The lowest BCUT2D eigenvalue weighted by Crippen LogP contribution is -2.50. The van der Waals surface area contributed by atoms with Crippen molar-refractivity contribution in [3.8, 4) is 17.2 Å². The summed E-state index contributed by atoms with van der Waals surface area (Å²) in [7, 11) is 2.83. The van der Waals surface area contributed by atoms with E-state index in [0.717, 1.165) is 11.8 Å². The van der Waals surface area contributed by atoms with Gasteiger partial charge in [0.15, 0.2) is 22.6 Å². The maximum atomic E-state index is 12.3. The molecule has 0 spiro atoms. The van der Waals surface area contributed by atoms with Gasteiger partial charge in [-0.25, -0.2) is 0 Å². The molecule has 142 valence electrons. The maximum Gasteiger partial charge on any atom is 0.205 e. The highest BCUT2D eigenvalue weighted by atomic mass is 32.2. The van der Waals surface area contributed by atoms with Crippen LogP contribution in [0, 0.1) is 0 Å². The predicted octanol–water partition coefficient (Wildman–Crippen LogP) is 1.19. The van der Waals surface area contributed by atoms with E-state index in [4.69, 9.17) is 18.6 Å². The third-order valence-electron chi connectivity index (χ3n) is 4.22. The molecular weight excluding hydrogens is 364 g/mol. The zero-order valence-corrected chi connectivity index (χ0v) is 15.3. The number of rotatable bonds is 5. The molecule has 2 aromatic rings. The van der Waals surface area contributed by atoms with E-state index in [1.807, 2.05) is 0 Å². The first-order valence-corrected chi connectivity index (χ1v) is 8.94. The summed E-state index contributed by atoms with van der Waals surface area (Å²) in [5, 5.41) is 30.4. The number of methoxy groups -OCH3 is 2. The topological polar surface area (TPSA) is 119 Å². The van der Waals surface area contributed by atoms with Crippen LogP contribution in [0.15, 0.2) is 16.7 Å². The lowest BCUT2D eigenvalue weighted by Gasteiger charge is -2.35. The van der Waals surface area contributed by atoms with Crippen molar-refractivity contribution in [3.63, 3.8) is 0 Å². The van der Waals surface area contributed by atoms with E-state index in [9.17, 15) is 20.1 Å². The zero-order chi connectivity index (χ0) is 19.0. The second kappa shape index (κ2) is 7.36. The second-order valence-electron chi connectivity index (χ2n) is 5.86. The quantitative estimate of drug-likeness (QED) is 0.653. The Morgan fingerprint density at radius 1 is 1.15 bits per heavy atom. The monoisotopic (exact) mass is 384 g/mol. The summed E-state index contributed by atoms with van der Waals surface area (Å²) in [6.07, 6.45) is -2.34. The van der Waals surface area contributed by atoms with Gasteiger partial charge in [-0.1, -0.05) is 0 Å². The fourth-order valence-corrected chi connectivity index (χ4v) is 4.05. The molecule has 0 unspecified atom stereocenters. The van der Waals surface area contributed by atoms with E-state index in [2.05, 4.69) is 0 Å². The second-order valence-corrected chi connectivity index (χ2v) is 6.99. The highest BCUT2D eigenvalue weighted by Gasteiger charge is 2.40. The zero-order valence-electron chi connectivity index (χ0n) is 14.5. The molecule has 9 heteroatoms. The Bertz CT molecular complexity index is 817. The van der Waals surface area contributed by atoms with E-state index < -0.39 is 23.7 Å². The number of Topliss-reactive ketones (excluding diaryl/α,β-unsaturated/α-hetero) is 1. The van der Waals surface area contributed by atoms with E-state index in [-0.39, 0.29) is 34.3 Å². The van der Waals surface area contributed by atoms with Crippen molar-refractivity contribution in [1.82, 2.24) is 0 Å². The fraction of sp³-hybridized carbons (Fsp3) is 0.471. The molecule has 1 fully saturated rings. The first kappa shape index (κ1) is 18.8. The molecule has 4 atom stereocenters. The molecule has 26 heavy (non-hydrogen) atoms. The molecule has 0 aliphatic carbocycles. The molecular formula is C17H20O8S. The minimum atomic E-state index is -1.36. The highest BCUT2D eigenvalue weighted by Crippen LogP contribution is 2.48. The van der Waals surface area contributed by atoms with Crippen LogP contribution in [0.4, 0.5) is 0 Å². The molecule has 1 aromatic carbocycles. The van der Waals surface area contributed by atoms with Gasteiger partial charge in [0.25, 0.3) is 0 Å². The van der Waals surface area contributed by atoms with Crippen LogP contribution >= 0.6 is 11.8 Å². The molecule has 1 aliphatic heterocycles. The molecule has 0 amide bonds. The molecule has 3 N–H and O–H groups in total. The minimum Gasteiger partial charge on any atom is -0.495 e. The van der Waals surface area contributed by atoms with Gasteiger partial charge in [0.1, 0.15) is 23.5 Å². The number of furan rings is 1. The van der Waals surface area contributed by atoms with Crippen molar-refractivity contribution in [3.05, 3.63) is 17.9 Å². The standard InChI is InChI=1S/C17H20O8S/c1-7(18)10-13(22-2)8-4-5-24-14(8)16(23-3)15(10)25-17-12(21)11(20)9(19)6-26-17/h4-5,9,11-12,17,19-21H,6H2,1-3H3/t9-,11+,12-,17-/m1/s1. The van der Waals surface area contributed by atoms with Crippen molar-refractivity contribution >= 4 is 28.5 Å². The van der Waals surface area contributed by atoms with E-state index >= 15 is 0 Å².